The number of benzene rings is 1. The SMILES string of the molecule is CSc1ccc(C2(O)CCOC2)cc1. The van der Waals surface area contributed by atoms with Gasteiger partial charge in [-0.25, -0.2) is 0 Å². The van der Waals surface area contributed by atoms with E-state index in [4.69, 9.17) is 4.74 Å². The van der Waals surface area contributed by atoms with Crippen molar-refractivity contribution < 1.29 is 9.84 Å². The number of hydrogen-bond acceptors (Lipinski definition) is 3. The second-order valence-electron chi connectivity index (χ2n) is 3.56. The second-order valence-corrected chi connectivity index (χ2v) is 4.44. The van der Waals surface area contributed by atoms with Gasteiger partial charge in [0.2, 0.25) is 0 Å². The molecule has 76 valence electrons. The van der Waals surface area contributed by atoms with Gasteiger partial charge in [-0.1, -0.05) is 12.1 Å². The fourth-order valence-corrected chi connectivity index (χ4v) is 2.09. The van der Waals surface area contributed by atoms with Crippen LogP contribution in [0.3, 0.4) is 0 Å². The Bertz CT molecular complexity index is 302. The third-order valence-electron chi connectivity index (χ3n) is 2.63. The fraction of sp³-hybridized carbons (Fsp3) is 0.455. The average Bonchev–Trinajstić information content (AvgIpc) is 2.67. The topological polar surface area (TPSA) is 29.5 Å². The van der Waals surface area contributed by atoms with Crippen molar-refractivity contribution >= 4 is 11.8 Å². The molecule has 2 rings (SSSR count). The Morgan fingerprint density at radius 3 is 2.57 bits per heavy atom. The number of rotatable bonds is 2. The van der Waals surface area contributed by atoms with Crippen molar-refractivity contribution in [2.45, 2.75) is 16.9 Å². The highest BCUT2D eigenvalue weighted by Crippen LogP contribution is 2.31. The average molecular weight is 210 g/mol. The molecule has 1 aromatic carbocycles. The zero-order chi connectivity index (χ0) is 10.0. The molecule has 0 amide bonds. The molecule has 3 heteroatoms. The van der Waals surface area contributed by atoms with Crippen LogP contribution in [0.4, 0.5) is 0 Å². The van der Waals surface area contributed by atoms with Crippen LogP contribution in [-0.4, -0.2) is 24.6 Å². The van der Waals surface area contributed by atoms with Gasteiger partial charge in [0.05, 0.1) is 6.61 Å². The molecular formula is C11H14O2S. The van der Waals surface area contributed by atoms with Crippen LogP contribution in [0.1, 0.15) is 12.0 Å². The van der Waals surface area contributed by atoms with Crippen molar-refractivity contribution in [1.82, 2.24) is 0 Å². The molecule has 1 aliphatic rings. The molecule has 1 N–H and O–H groups in total. The van der Waals surface area contributed by atoms with Crippen LogP contribution in [0, 0.1) is 0 Å². The minimum Gasteiger partial charge on any atom is -0.383 e. The standard InChI is InChI=1S/C11H14O2S/c1-14-10-4-2-9(3-5-10)11(12)6-7-13-8-11/h2-5,12H,6-8H2,1H3. The van der Waals surface area contributed by atoms with E-state index in [1.807, 2.05) is 30.5 Å². The molecule has 0 aliphatic carbocycles. The van der Waals surface area contributed by atoms with Gasteiger partial charge in [-0.15, -0.1) is 11.8 Å². The van der Waals surface area contributed by atoms with E-state index in [0.717, 1.165) is 5.56 Å². The van der Waals surface area contributed by atoms with E-state index in [2.05, 4.69) is 0 Å². The van der Waals surface area contributed by atoms with E-state index >= 15 is 0 Å². The summed E-state index contributed by atoms with van der Waals surface area (Å²) in [4.78, 5) is 1.22. The van der Waals surface area contributed by atoms with Crippen molar-refractivity contribution in [3.63, 3.8) is 0 Å². The quantitative estimate of drug-likeness (QED) is 0.757. The van der Waals surface area contributed by atoms with Crippen LogP contribution in [0.5, 0.6) is 0 Å². The maximum absolute atomic E-state index is 10.2. The van der Waals surface area contributed by atoms with Crippen molar-refractivity contribution in [2.75, 3.05) is 19.5 Å². The summed E-state index contributed by atoms with van der Waals surface area (Å²) in [6, 6.07) is 8.05. The normalized spacial score (nSPS) is 26.7. The Balaban J connectivity index is 2.23. The Kier molecular flexibility index (Phi) is 2.81. The van der Waals surface area contributed by atoms with Gasteiger partial charge in [-0.3, -0.25) is 0 Å². The molecule has 0 spiro atoms. The van der Waals surface area contributed by atoms with E-state index in [0.29, 0.717) is 19.6 Å². The van der Waals surface area contributed by atoms with E-state index < -0.39 is 5.60 Å². The summed E-state index contributed by atoms with van der Waals surface area (Å²) in [5.41, 5.74) is 0.213. The lowest BCUT2D eigenvalue weighted by atomic mass is 9.93. The Hall–Kier alpha value is -0.510. The highest BCUT2D eigenvalue weighted by Gasteiger charge is 2.33. The first-order valence-corrected chi connectivity index (χ1v) is 5.92. The summed E-state index contributed by atoms with van der Waals surface area (Å²) in [5.74, 6) is 0. The molecule has 1 unspecified atom stereocenters. The fourth-order valence-electron chi connectivity index (χ4n) is 1.68. The molecule has 0 aromatic heterocycles. The monoisotopic (exact) mass is 210 g/mol. The zero-order valence-electron chi connectivity index (χ0n) is 8.19. The highest BCUT2D eigenvalue weighted by molar-refractivity contribution is 7.98. The predicted octanol–water partition coefficient (Wildman–Crippen LogP) is 2.02. The van der Waals surface area contributed by atoms with Crippen molar-refractivity contribution in [2.24, 2.45) is 0 Å². The first-order valence-electron chi connectivity index (χ1n) is 4.69. The van der Waals surface area contributed by atoms with Crippen LogP contribution < -0.4 is 0 Å². The van der Waals surface area contributed by atoms with Gasteiger partial charge in [0.15, 0.2) is 0 Å². The first-order chi connectivity index (χ1) is 6.74. The van der Waals surface area contributed by atoms with Crippen molar-refractivity contribution in [1.29, 1.82) is 0 Å². The van der Waals surface area contributed by atoms with Crippen LogP contribution in [0.2, 0.25) is 0 Å². The van der Waals surface area contributed by atoms with Gasteiger partial charge in [0.1, 0.15) is 5.60 Å². The van der Waals surface area contributed by atoms with Crippen molar-refractivity contribution in [3.05, 3.63) is 29.8 Å². The molecule has 2 nitrogen and oxygen atoms in total. The minimum atomic E-state index is -0.753. The molecule has 0 saturated carbocycles. The smallest absolute Gasteiger partial charge is 0.115 e. The van der Waals surface area contributed by atoms with E-state index in [9.17, 15) is 5.11 Å². The largest absolute Gasteiger partial charge is 0.383 e. The molecule has 1 heterocycles. The van der Waals surface area contributed by atoms with Gasteiger partial charge in [0, 0.05) is 17.9 Å². The van der Waals surface area contributed by atoms with Gasteiger partial charge in [-0.05, 0) is 24.0 Å². The molecule has 1 fully saturated rings. The lowest BCUT2D eigenvalue weighted by Crippen LogP contribution is -2.25. The third-order valence-corrected chi connectivity index (χ3v) is 3.37. The summed E-state index contributed by atoms with van der Waals surface area (Å²) >= 11 is 1.71. The maximum atomic E-state index is 10.2. The van der Waals surface area contributed by atoms with E-state index in [1.165, 1.54) is 4.90 Å². The maximum Gasteiger partial charge on any atom is 0.115 e. The summed E-state index contributed by atoms with van der Waals surface area (Å²) in [6.45, 7) is 1.08. The van der Waals surface area contributed by atoms with Crippen LogP contribution in [-0.2, 0) is 10.3 Å². The number of ether oxygens (including phenoxy) is 1. The molecule has 1 saturated heterocycles. The third kappa shape index (κ3) is 1.80. The highest BCUT2D eigenvalue weighted by atomic mass is 32.2. The van der Waals surface area contributed by atoms with Crippen LogP contribution >= 0.6 is 11.8 Å². The number of thioether (sulfide) groups is 1. The van der Waals surface area contributed by atoms with Crippen LogP contribution in [0.25, 0.3) is 0 Å². The molecule has 1 atom stereocenters. The summed E-state index contributed by atoms with van der Waals surface area (Å²) < 4.78 is 5.22. The summed E-state index contributed by atoms with van der Waals surface area (Å²) in [5, 5.41) is 10.2. The van der Waals surface area contributed by atoms with E-state index in [-0.39, 0.29) is 0 Å². The molecule has 0 bridgehead atoms. The zero-order valence-corrected chi connectivity index (χ0v) is 9.01. The molecule has 1 aromatic rings. The summed E-state index contributed by atoms with van der Waals surface area (Å²) in [6.07, 6.45) is 2.74. The summed E-state index contributed by atoms with van der Waals surface area (Å²) in [7, 11) is 0. The Labute approximate surface area is 88.3 Å². The molecule has 0 radical (unpaired) electrons. The molecule has 14 heavy (non-hydrogen) atoms. The second kappa shape index (κ2) is 3.93. The lowest BCUT2D eigenvalue weighted by molar-refractivity contribution is 0.0231. The van der Waals surface area contributed by atoms with Crippen molar-refractivity contribution in [3.8, 4) is 0 Å². The van der Waals surface area contributed by atoms with E-state index in [1.54, 1.807) is 11.8 Å². The van der Waals surface area contributed by atoms with Gasteiger partial charge >= 0.3 is 0 Å². The van der Waals surface area contributed by atoms with Crippen LogP contribution in [0.15, 0.2) is 29.2 Å². The minimum absolute atomic E-state index is 0.422. The molecular weight excluding hydrogens is 196 g/mol. The lowest BCUT2D eigenvalue weighted by Gasteiger charge is -2.20. The predicted molar refractivity (Wildman–Crippen MR) is 57.6 cm³/mol. The van der Waals surface area contributed by atoms with Gasteiger partial charge < -0.3 is 9.84 Å². The Morgan fingerprint density at radius 2 is 2.07 bits per heavy atom. The van der Waals surface area contributed by atoms with Gasteiger partial charge in [-0.2, -0.15) is 0 Å². The number of hydrogen-bond donors (Lipinski definition) is 1. The van der Waals surface area contributed by atoms with Gasteiger partial charge in [0.25, 0.3) is 0 Å². The number of aliphatic hydroxyl groups is 1. The molecule has 1 aliphatic heterocycles. The first kappa shape index (κ1) is 10.0. The Morgan fingerprint density at radius 1 is 1.36 bits per heavy atom.